The van der Waals surface area contributed by atoms with Crippen LogP contribution in [0.25, 0.3) is 0 Å². The molecule has 0 fully saturated rings. The van der Waals surface area contributed by atoms with Crippen molar-refractivity contribution in [2.45, 2.75) is 13.0 Å². The standard InChI is InChI=1S/C17H16N4O3S/c1-12-5-6-13(10-14(12)21(23)24)17(22)18-11-15(16-4-2-9-25-16)20-8-3-7-19-20/h2-10,15H,11H2,1H3,(H,18,22). The first-order chi connectivity index (χ1) is 12.1. The van der Waals surface area contributed by atoms with Crippen molar-refractivity contribution < 1.29 is 9.72 Å². The predicted octanol–water partition coefficient (Wildman–Crippen LogP) is 3.18. The number of rotatable bonds is 6. The summed E-state index contributed by atoms with van der Waals surface area (Å²) in [7, 11) is 0. The highest BCUT2D eigenvalue weighted by Crippen LogP contribution is 2.23. The summed E-state index contributed by atoms with van der Waals surface area (Å²) in [6, 6.07) is 10.1. The molecule has 3 rings (SSSR count). The molecule has 8 heteroatoms. The third-order valence-corrected chi connectivity index (χ3v) is 4.81. The Morgan fingerprint density at radius 1 is 1.40 bits per heavy atom. The molecule has 128 valence electrons. The average molecular weight is 356 g/mol. The van der Waals surface area contributed by atoms with Crippen LogP contribution < -0.4 is 5.32 Å². The molecular weight excluding hydrogens is 340 g/mol. The highest BCUT2D eigenvalue weighted by Gasteiger charge is 2.19. The van der Waals surface area contributed by atoms with Gasteiger partial charge in [0.1, 0.15) is 6.04 Å². The lowest BCUT2D eigenvalue weighted by Gasteiger charge is -2.17. The van der Waals surface area contributed by atoms with Crippen LogP contribution in [0.15, 0.2) is 54.2 Å². The van der Waals surface area contributed by atoms with E-state index < -0.39 is 4.92 Å². The van der Waals surface area contributed by atoms with Crippen molar-refractivity contribution in [1.82, 2.24) is 15.1 Å². The van der Waals surface area contributed by atoms with Gasteiger partial charge in [-0.1, -0.05) is 12.1 Å². The van der Waals surface area contributed by atoms with Crippen LogP contribution in [-0.2, 0) is 0 Å². The lowest BCUT2D eigenvalue weighted by Crippen LogP contribution is -2.31. The average Bonchev–Trinajstić information content (AvgIpc) is 3.29. The molecule has 0 saturated heterocycles. The fourth-order valence-corrected chi connectivity index (χ4v) is 3.33. The predicted molar refractivity (Wildman–Crippen MR) is 94.9 cm³/mol. The van der Waals surface area contributed by atoms with Crippen molar-refractivity contribution >= 4 is 22.9 Å². The van der Waals surface area contributed by atoms with E-state index in [0.29, 0.717) is 12.1 Å². The molecule has 3 aromatic rings. The number of nitrogens with one attached hydrogen (secondary N) is 1. The minimum absolute atomic E-state index is 0.0606. The zero-order valence-electron chi connectivity index (χ0n) is 13.5. The van der Waals surface area contributed by atoms with Gasteiger partial charge < -0.3 is 5.32 Å². The first-order valence-electron chi connectivity index (χ1n) is 7.62. The summed E-state index contributed by atoms with van der Waals surface area (Å²) in [5.74, 6) is -0.350. The van der Waals surface area contributed by atoms with Gasteiger partial charge >= 0.3 is 0 Å². The number of carbonyl (C=O) groups excluding carboxylic acids is 1. The maximum atomic E-state index is 12.4. The molecule has 7 nitrogen and oxygen atoms in total. The summed E-state index contributed by atoms with van der Waals surface area (Å²) in [6.07, 6.45) is 3.53. The summed E-state index contributed by atoms with van der Waals surface area (Å²) in [4.78, 5) is 24.0. The van der Waals surface area contributed by atoms with E-state index in [1.54, 1.807) is 41.3 Å². The molecule has 0 radical (unpaired) electrons. The molecule has 1 atom stereocenters. The summed E-state index contributed by atoms with van der Waals surface area (Å²) >= 11 is 1.58. The van der Waals surface area contributed by atoms with Crippen molar-refractivity contribution in [2.24, 2.45) is 0 Å². The lowest BCUT2D eigenvalue weighted by molar-refractivity contribution is -0.385. The quantitative estimate of drug-likeness (QED) is 0.542. The van der Waals surface area contributed by atoms with Gasteiger partial charge in [0.05, 0.1) is 4.92 Å². The highest BCUT2D eigenvalue weighted by atomic mass is 32.1. The van der Waals surface area contributed by atoms with E-state index in [0.717, 1.165) is 4.88 Å². The number of hydrogen-bond acceptors (Lipinski definition) is 5. The molecule has 2 heterocycles. The van der Waals surface area contributed by atoms with Crippen LogP contribution in [-0.4, -0.2) is 27.2 Å². The van der Waals surface area contributed by atoms with E-state index in [9.17, 15) is 14.9 Å². The lowest BCUT2D eigenvalue weighted by atomic mass is 10.1. The van der Waals surface area contributed by atoms with Crippen LogP contribution >= 0.6 is 11.3 Å². The van der Waals surface area contributed by atoms with E-state index in [1.807, 2.05) is 29.8 Å². The molecule has 2 aromatic heterocycles. The minimum atomic E-state index is -0.482. The number of aryl methyl sites for hydroxylation is 1. The first kappa shape index (κ1) is 16.8. The van der Waals surface area contributed by atoms with Crippen LogP contribution in [0.2, 0.25) is 0 Å². The third kappa shape index (κ3) is 3.74. The second kappa shape index (κ2) is 7.27. The molecular formula is C17H16N4O3S. The van der Waals surface area contributed by atoms with Crippen LogP contribution in [0.3, 0.4) is 0 Å². The topological polar surface area (TPSA) is 90.1 Å². The van der Waals surface area contributed by atoms with Crippen molar-refractivity contribution in [3.63, 3.8) is 0 Å². The first-order valence-corrected chi connectivity index (χ1v) is 8.50. The smallest absolute Gasteiger partial charge is 0.273 e. The van der Waals surface area contributed by atoms with E-state index >= 15 is 0 Å². The number of nitro groups is 1. The van der Waals surface area contributed by atoms with E-state index in [4.69, 9.17) is 0 Å². The number of nitrogens with zero attached hydrogens (tertiary/aromatic N) is 3. The molecule has 0 aliphatic carbocycles. The number of benzene rings is 1. The normalized spacial score (nSPS) is 11.9. The van der Waals surface area contributed by atoms with E-state index in [-0.39, 0.29) is 23.2 Å². The Morgan fingerprint density at radius 3 is 2.88 bits per heavy atom. The number of amides is 1. The Hall–Kier alpha value is -3.00. The van der Waals surface area contributed by atoms with Gasteiger partial charge in [-0.3, -0.25) is 19.6 Å². The Kier molecular flexibility index (Phi) is 4.90. The summed E-state index contributed by atoms with van der Waals surface area (Å²) < 4.78 is 1.78. The van der Waals surface area contributed by atoms with Gasteiger partial charge in [-0.25, -0.2) is 0 Å². The summed E-state index contributed by atoms with van der Waals surface area (Å²) in [6.45, 7) is 1.98. The van der Waals surface area contributed by atoms with Crippen LogP contribution in [0, 0.1) is 17.0 Å². The van der Waals surface area contributed by atoms with Crippen molar-refractivity contribution in [3.05, 3.63) is 80.3 Å². The Morgan fingerprint density at radius 2 is 2.24 bits per heavy atom. The maximum absolute atomic E-state index is 12.4. The van der Waals surface area contributed by atoms with Gasteiger partial charge in [-0.15, -0.1) is 11.3 Å². The Labute approximate surface area is 148 Å². The Bertz CT molecular complexity index is 841. The number of aromatic nitrogens is 2. The van der Waals surface area contributed by atoms with Crippen molar-refractivity contribution in [1.29, 1.82) is 0 Å². The molecule has 0 aliphatic rings. The molecule has 1 unspecified atom stereocenters. The van der Waals surface area contributed by atoms with Gasteiger partial charge in [-0.05, 0) is 30.5 Å². The van der Waals surface area contributed by atoms with Gasteiger partial charge in [0, 0.05) is 41.0 Å². The Balaban J connectivity index is 1.76. The monoisotopic (exact) mass is 356 g/mol. The number of carbonyl (C=O) groups is 1. The summed E-state index contributed by atoms with van der Waals surface area (Å²) in [5, 5.41) is 20.1. The molecule has 0 spiro atoms. The zero-order valence-corrected chi connectivity index (χ0v) is 14.3. The molecule has 25 heavy (non-hydrogen) atoms. The van der Waals surface area contributed by atoms with E-state index in [1.165, 1.54) is 6.07 Å². The largest absolute Gasteiger partial charge is 0.350 e. The molecule has 0 saturated carbocycles. The maximum Gasteiger partial charge on any atom is 0.273 e. The zero-order chi connectivity index (χ0) is 17.8. The van der Waals surface area contributed by atoms with Gasteiger partial charge in [-0.2, -0.15) is 5.10 Å². The number of hydrogen-bond donors (Lipinski definition) is 1. The van der Waals surface area contributed by atoms with Crippen molar-refractivity contribution in [3.8, 4) is 0 Å². The van der Waals surface area contributed by atoms with Gasteiger partial charge in [0.25, 0.3) is 11.6 Å². The van der Waals surface area contributed by atoms with E-state index in [2.05, 4.69) is 10.4 Å². The molecule has 0 aliphatic heterocycles. The van der Waals surface area contributed by atoms with Crippen molar-refractivity contribution in [2.75, 3.05) is 6.54 Å². The van der Waals surface area contributed by atoms with Gasteiger partial charge in [0.2, 0.25) is 0 Å². The SMILES string of the molecule is Cc1ccc(C(=O)NCC(c2cccs2)n2cccn2)cc1[N+](=O)[O-]. The van der Waals surface area contributed by atoms with Crippen LogP contribution in [0.5, 0.6) is 0 Å². The fraction of sp³-hybridized carbons (Fsp3) is 0.176. The molecule has 1 N–H and O–H groups in total. The second-order valence-electron chi connectivity index (χ2n) is 5.49. The fourth-order valence-electron chi connectivity index (χ4n) is 2.51. The van der Waals surface area contributed by atoms with Gasteiger partial charge in [0.15, 0.2) is 0 Å². The van der Waals surface area contributed by atoms with Crippen LogP contribution in [0.1, 0.15) is 26.8 Å². The third-order valence-electron chi connectivity index (χ3n) is 3.84. The highest BCUT2D eigenvalue weighted by molar-refractivity contribution is 7.10. The molecule has 0 bridgehead atoms. The minimum Gasteiger partial charge on any atom is -0.350 e. The number of thiophene rings is 1. The molecule has 1 amide bonds. The molecule has 1 aromatic carbocycles. The van der Waals surface area contributed by atoms with Crippen LogP contribution in [0.4, 0.5) is 5.69 Å². The number of nitro benzene ring substituents is 1. The second-order valence-corrected chi connectivity index (χ2v) is 6.46. The summed E-state index contributed by atoms with van der Waals surface area (Å²) in [5.41, 5.74) is 0.729.